The van der Waals surface area contributed by atoms with Crippen LogP contribution in [0.3, 0.4) is 0 Å². The third-order valence-electron chi connectivity index (χ3n) is 7.13. The maximum atomic E-state index is 12.2. The summed E-state index contributed by atoms with van der Waals surface area (Å²) in [7, 11) is 0. The van der Waals surface area contributed by atoms with E-state index in [9.17, 15) is 4.79 Å². The van der Waals surface area contributed by atoms with E-state index >= 15 is 0 Å². The van der Waals surface area contributed by atoms with Crippen LogP contribution < -0.4 is 5.73 Å². The second kappa shape index (κ2) is 10.1. The molecule has 1 saturated heterocycles. The predicted molar refractivity (Wildman–Crippen MR) is 104 cm³/mol. The number of hydrogen-bond acceptors (Lipinski definition) is 4. The highest BCUT2D eigenvalue weighted by molar-refractivity contribution is 5.75. The number of esters is 1. The minimum absolute atomic E-state index is 0.0502. The summed E-state index contributed by atoms with van der Waals surface area (Å²) >= 11 is 0. The molecule has 4 atom stereocenters. The van der Waals surface area contributed by atoms with Crippen LogP contribution in [0.15, 0.2) is 0 Å². The summed E-state index contributed by atoms with van der Waals surface area (Å²) in [5.41, 5.74) is 5.94. The Morgan fingerprint density at radius 2 is 1.46 bits per heavy atom. The number of ether oxygens (including phenoxy) is 2. The Labute approximate surface area is 159 Å². The van der Waals surface area contributed by atoms with Gasteiger partial charge in [0.1, 0.15) is 12.1 Å². The molecule has 4 heteroatoms. The van der Waals surface area contributed by atoms with Crippen molar-refractivity contribution in [2.75, 3.05) is 13.2 Å². The molecule has 2 saturated carbocycles. The summed E-state index contributed by atoms with van der Waals surface area (Å²) in [6.45, 7) is 3.13. The second-order valence-electron chi connectivity index (χ2n) is 9.19. The van der Waals surface area contributed by atoms with Crippen LogP contribution in [0.2, 0.25) is 0 Å². The molecule has 3 fully saturated rings. The topological polar surface area (TPSA) is 61.5 Å². The number of rotatable bonds is 4. The fraction of sp³-hybridized carbons (Fsp3) is 0.955. The van der Waals surface area contributed by atoms with E-state index in [-0.39, 0.29) is 12.1 Å². The van der Waals surface area contributed by atoms with Crippen LogP contribution in [0.1, 0.15) is 84.0 Å². The molecule has 0 aromatic rings. The van der Waals surface area contributed by atoms with E-state index in [1.54, 1.807) is 0 Å². The number of hydrogen-bond donors (Lipinski definition) is 1. The van der Waals surface area contributed by atoms with Crippen LogP contribution in [0.4, 0.5) is 0 Å². The van der Waals surface area contributed by atoms with Gasteiger partial charge < -0.3 is 15.2 Å². The minimum atomic E-state index is -0.638. The SMILES string of the molecule is C[C@@H]1OC(=O)[C@@H](N)COC[C@H](CC2CCCCC2)[C@H]1CC1CCCCC1. The van der Waals surface area contributed by atoms with Gasteiger partial charge >= 0.3 is 5.97 Å². The number of cyclic esters (lactones) is 1. The molecular formula is C22H39NO3. The number of nitrogens with two attached hydrogens (primary N) is 1. The molecule has 3 aliphatic rings. The average Bonchev–Trinajstić information content (AvgIpc) is 2.70. The van der Waals surface area contributed by atoms with E-state index in [1.807, 2.05) is 0 Å². The van der Waals surface area contributed by atoms with Crippen LogP contribution in [0, 0.1) is 23.7 Å². The van der Waals surface area contributed by atoms with Crippen LogP contribution >= 0.6 is 0 Å². The van der Waals surface area contributed by atoms with E-state index in [0.29, 0.717) is 18.4 Å². The average molecular weight is 366 g/mol. The highest BCUT2D eigenvalue weighted by atomic mass is 16.5. The van der Waals surface area contributed by atoms with Gasteiger partial charge in [0, 0.05) is 12.5 Å². The van der Waals surface area contributed by atoms with Crippen molar-refractivity contribution in [3.05, 3.63) is 0 Å². The fourth-order valence-corrected chi connectivity index (χ4v) is 5.56. The number of carbonyl (C=O) groups is 1. The van der Waals surface area contributed by atoms with Gasteiger partial charge in [-0.3, -0.25) is 4.79 Å². The molecule has 0 spiro atoms. The third-order valence-corrected chi connectivity index (χ3v) is 7.13. The standard InChI is InChI=1S/C22H39NO3/c1-16-20(13-18-10-6-3-7-11-18)19(12-17-8-4-2-5-9-17)14-25-15-21(23)22(24)26-16/h16-21H,2-15,23H2,1H3/t16-,19-,20-,21-/m0/s1. The molecule has 2 aliphatic carbocycles. The first-order valence-electron chi connectivity index (χ1n) is 11.2. The van der Waals surface area contributed by atoms with Crippen molar-refractivity contribution in [2.45, 2.75) is 96.1 Å². The van der Waals surface area contributed by atoms with E-state index in [1.165, 1.54) is 77.0 Å². The third kappa shape index (κ3) is 5.69. The maximum Gasteiger partial charge on any atom is 0.325 e. The van der Waals surface area contributed by atoms with E-state index in [4.69, 9.17) is 15.2 Å². The zero-order chi connectivity index (χ0) is 18.4. The highest BCUT2D eigenvalue weighted by Gasteiger charge is 2.36. The molecule has 1 aliphatic heterocycles. The molecule has 4 nitrogen and oxygen atoms in total. The van der Waals surface area contributed by atoms with Gasteiger partial charge in [0.15, 0.2) is 0 Å². The van der Waals surface area contributed by atoms with Crippen molar-refractivity contribution >= 4 is 5.97 Å². The van der Waals surface area contributed by atoms with Crippen LogP contribution in [0.25, 0.3) is 0 Å². The molecule has 3 rings (SSSR count). The van der Waals surface area contributed by atoms with Crippen LogP contribution in [-0.4, -0.2) is 31.3 Å². The lowest BCUT2D eigenvalue weighted by atomic mass is 9.72. The fourth-order valence-electron chi connectivity index (χ4n) is 5.56. The minimum Gasteiger partial charge on any atom is -0.461 e. The Morgan fingerprint density at radius 1 is 0.885 bits per heavy atom. The van der Waals surface area contributed by atoms with E-state index in [2.05, 4.69) is 6.92 Å². The van der Waals surface area contributed by atoms with Crippen molar-refractivity contribution in [2.24, 2.45) is 29.4 Å². The van der Waals surface area contributed by atoms with E-state index < -0.39 is 6.04 Å². The quantitative estimate of drug-likeness (QED) is 0.748. The molecule has 0 aromatic carbocycles. The lowest BCUT2D eigenvalue weighted by molar-refractivity contribution is -0.153. The van der Waals surface area contributed by atoms with Gasteiger partial charge in [0.25, 0.3) is 0 Å². The monoisotopic (exact) mass is 365 g/mol. The van der Waals surface area contributed by atoms with Crippen molar-refractivity contribution in [1.82, 2.24) is 0 Å². The Morgan fingerprint density at radius 3 is 2.08 bits per heavy atom. The Kier molecular flexibility index (Phi) is 7.80. The van der Waals surface area contributed by atoms with Crippen molar-refractivity contribution in [1.29, 1.82) is 0 Å². The lowest BCUT2D eigenvalue weighted by Gasteiger charge is -2.36. The van der Waals surface area contributed by atoms with Gasteiger partial charge in [-0.25, -0.2) is 0 Å². The molecule has 0 bridgehead atoms. The molecule has 0 amide bonds. The van der Waals surface area contributed by atoms with Gasteiger partial charge in [0.05, 0.1) is 6.61 Å². The molecule has 26 heavy (non-hydrogen) atoms. The van der Waals surface area contributed by atoms with Crippen molar-refractivity contribution in [3.63, 3.8) is 0 Å². The van der Waals surface area contributed by atoms with E-state index in [0.717, 1.165) is 18.4 Å². The molecular weight excluding hydrogens is 326 g/mol. The highest BCUT2D eigenvalue weighted by Crippen LogP contribution is 2.39. The molecule has 150 valence electrons. The second-order valence-corrected chi connectivity index (χ2v) is 9.19. The van der Waals surface area contributed by atoms with Gasteiger partial charge in [-0.2, -0.15) is 0 Å². The first kappa shape index (κ1) is 20.1. The van der Waals surface area contributed by atoms with Crippen molar-refractivity contribution < 1.29 is 14.3 Å². The largest absolute Gasteiger partial charge is 0.461 e. The number of carbonyl (C=O) groups excluding carboxylic acids is 1. The summed E-state index contributed by atoms with van der Waals surface area (Å²) in [4.78, 5) is 12.2. The van der Waals surface area contributed by atoms with Crippen LogP contribution in [0.5, 0.6) is 0 Å². The summed E-state index contributed by atoms with van der Waals surface area (Å²) in [6.07, 6.45) is 16.0. The Bertz CT molecular complexity index is 429. The molecule has 2 N–H and O–H groups in total. The summed E-state index contributed by atoms with van der Waals surface area (Å²) in [6, 6.07) is -0.638. The molecule has 0 aromatic heterocycles. The lowest BCUT2D eigenvalue weighted by Crippen LogP contribution is -2.39. The molecule has 0 unspecified atom stereocenters. The zero-order valence-electron chi connectivity index (χ0n) is 16.7. The van der Waals surface area contributed by atoms with Gasteiger partial charge in [-0.15, -0.1) is 0 Å². The Hall–Kier alpha value is -0.610. The first-order valence-corrected chi connectivity index (χ1v) is 11.2. The Balaban J connectivity index is 1.71. The first-order chi connectivity index (χ1) is 12.6. The maximum absolute atomic E-state index is 12.2. The van der Waals surface area contributed by atoms with Crippen molar-refractivity contribution in [3.8, 4) is 0 Å². The summed E-state index contributed by atoms with van der Waals surface area (Å²) in [5.74, 6) is 2.23. The van der Waals surface area contributed by atoms with Gasteiger partial charge in [0.2, 0.25) is 0 Å². The van der Waals surface area contributed by atoms with Gasteiger partial charge in [-0.05, 0) is 37.5 Å². The van der Waals surface area contributed by atoms with Crippen LogP contribution in [-0.2, 0) is 14.3 Å². The molecule has 1 heterocycles. The normalized spacial score (nSPS) is 36.0. The summed E-state index contributed by atoms with van der Waals surface area (Å²) in [5, 5.41) is 0. The smallest absolute Gasteiger partial charge is 0.325 e. The predicted octanol–water partition coefficient (Wildman–Crippen LogP) is 4.45. The zero-order valence-corrected chi connectivity index (χ0v) is 16.7. The molecule has 0 radical (unpaired) electrons. The summed E-state index contributed by atoms with van der Waals surface area (Å²) < 4.78 is 11.7. The van der Waals surface area contributed by atoms with Gasteiger partial charge in [-0.1, -0.05) is 64.2 Å².